The Bertz CT molecular complexity index is 1280. The Balaban J connectivity index is 1.45. The van der Waals surface area contributed by atoms with E-state index < -0.39 is 11.7 Å². The number of hydrogen-bond acceptors (Lipinski definition) is 7. The van der Waals surface area contributed by atoms with E-state index in [0.717, 1.165) is 29.8 Å². The number of ether oxygens (including phenoxy) is 1. The third kappa shape index (κ3) is 3.99. The van der Waals surface area contributed by atoms with Gasteiger partial charge in [0, 0.05) is 37.0 Å². The van der Waals surface area contributed by atoms with Crippen molar-refractivity contribution in [3.05, 3.63) is 42.4 Å². The average Bonchev–Trinajstić information content (AvgIpc) is 3.43. The smallest absolute Gasteiger partial charge is 0.407 e. The van der Waals surface area contributed by atoms with Gasteiger partial charge in [-0.25, -0.2) is 14.3 Å². The third-order valence-electron chi connectivity index (χ3n) is 6.39. The van der Waals surface area contributed by atoms with Crippen molar-refractivity contribution in [1.82, 2.24) is 19.5 Å². The molecule has 4 heterocycles. The lowest BCUT2D eigenvalue weighted by molar-refractivity contribution is 0.0283. The van der Waals surface area contributed by atoms with Crippen molar-refractivity contribution in [2.45, 2.75) is 37.8 Å². The molecule has 2 aliphatic rings. The largest absolute Gasteiger partial charge is 0.489 e. The Morgan fingerprint density at radius 1 is 1.29 bits per heavy atom. The zero-order chi connectivity index (χ0) is 24.1. The second-order valence-corrected chi connectivity index (χ2v) is 9.64. The summed E-state index contributed by atoms with van der Waals surface area (Å²) < 4.78 is 7.39. The molecule has 2 N–H and O–H groups in total. The molecule has 1 spiro atoms. The van der Waals surface area contributed by atoms with Crippen LogP contribution >= 0.6 is 0 Å². The van der Waals surface area contributed by atoms with Gasteiger partial charge in [0.05, 0.1) is 34.6 Å². The summed E-state index contributed by atoms with van der Waals surface area (Å²) in [6.45, 7) is 5.12. The van der Waals surface area contributed by atoms with Crippen LogP contribution in [-0.2, 0) is 0 Å². The van der Waals surface area contributed by atoms with E-state index in [4.69, 9.17) is 4.74 Å². The summed E-state index contributed by atoms with van der Waals surface area (Å²) in [5, 5.41) is 33.4. The van der Waals surface area contributed by atoms with E-state index in [0.29, 0.717) is 36.5 Å². The van der Waals surface area contributed by atoms with Crippen LogP contribution in [0, 0.1) is 11.3 Å². The van der Waals surface area contributed by atoms with Gasteiger partial charge in [-0.15, -0.1) is 0 Å². The van der Waals surface area contributed by atoms with E-state index in [9.17, 15) is 20.3 Å². The topological polar surface area (TPSA) is 127 Å². The summed E-state index contributed by atoms with van der Waals surface area (Å²) in [7, 11) is 0. The SMILES string of the molecule is CC(C)(O)COc1cc(-c2ccc(N3CCN(C(=O)O)C4(CC4)C3)nc2)c2c(C#N)cnn2c1. The second-order valence-electron chi connectivity index (χ2n) is 9.64. The molecule has 10 nitrogen and oxygen atoms in total. The molecule has 176 valence electrons. The molecule has 10 heteroatoms. The van der Waals surface area contributed by atoms with Gasteiger partial charge >= 0.3 is 6.09 Å². The minimum Gasteiger partial charge on any atom is -0.489 e. The Kier molecular flexibility index (Phi) is 5.10. The average molecular weight is 463 g/mol. The molecule has 0 unspecified atom stereocenters. The molecular weight excluding hydrogens is 436 g/mol. The first-order valence-corrected chi connectivity index (χ1v) is 11.2. The van der Waals surface area contributed by atoms with Crippen molar-refractivity contribution in [3.63, 3.8) is 0 Å². The molecule has 0 aromatic carbocycles. The van der Waals surface area contributed by atoms with Crippen LogP contribution in [0.2, 0.25) is 0 Å². The molecule has 1 aliphatic heterocycles. The van der Waals surface area contributed by atoms with Gasteiger partial charge in [-0.3, -0.25) is 4.90 Å². The number of nitrogens with zero attached hydrogens (tertiary/aromatic N) is 6. The van der Waals surface area contributed by atoms with Gasteiger partial charge in [-0.05, 0) is 44.9 Å². The summed E-state index contributed by atoms with van der Waals surface area (Å²) in [6, 6.07) is 7.87. The molecule has 5 rings (SSSR count). The van der Waals surface area contributed by atoms with Crippen LogP contribution < -0.4 is 9.64 Å². The molecule has 1 saturated heterocycles. The fourth-order valence-electron chi connectivity index (χ4n) is 4.51. The van der Waals surface area contributed by atoms with E-state index in [1.165, 1.54) is 6.20 Å². The first kappa shape index (κ1) is 22.0. The molecular formula is C24H26N6O4. The number of hydrogen-bond donors (Lipinski definition) is 2. The Morgan fingerprint density at radius 3 is 2.71 bits per heavy atom. The van der Waals surface area contributed by atoms with Crippen LogP contribution in [0.25, 0.3) is 16.6 Å². The van der Waals surface area contributed by atoms with Crippen LogP contribution in [0.4, 0.5) is 10.6 Å². The minimum atomic E-state index is -0.996. The number of aliphatic hydroxyl groups is 1. The van der Waals surface area contributed by atoms with Gasteiger partial charge in [0.25, 0.3) is 0 Å². The number of fused-ring (bicyclic) bond motifs is 1. The number of aromatic nitrogens is 3. The predicted molar refractivity (Wildman–Crippen MR) is 124 cm³/mol. The monoisotopic (exact) mass is 462 g/mol. The number of carboxylic acid groups (broad SMARTS) is 1. The molecule has 3 aromatic rings. The highest BCUT2D eigenvalue weighted by molar-refractivity contribution is 5.85. The minimum absolute atomic E-state index is 0.103. The number of rotatable bonds is 5. The first-order chi connectivity index (χ1) is 16.2. The van der Waals surface area contributed by atoms with Crippen molar-refractivity contribution in [2.75, 3.05) is 31.1 Å². The van der Waals surface area contributed by atoms with Crippen LogP contribution in [0.5, 0.6) is 5.75 Å². The molecule has 34 heavy (non-hydrogen) atoms. The number of pyridine rings is 2. The Hall–Kier alpha value is -3.84. The van der Waals surface area contributed by atoms with Gasteiger partial charge in [0.2, 0.25) is 0 Å². The second kappa shape index (κ2) is 7.88. The lowest BCUT2D eigenvalue weighted by Gasteiger charge is -2.41. The van der Waals surface area contributed by atoms with Crippen molar-refractivity contribution >= 4 is 17.4 Å². The zero-order valence-corrected chi connectivity index (χ0v) is 19.1. The van der Waals surface area contributed by atoms with Gasteiger partial charge in [0.15, 0.2) is 0 Å². The van der Waals surface area contributed by atoms with Crippen molar-refractivity contribution < 1.29 is 19.7 Å². The van der Waals surface area contributed by atoms with Crippen LogP contribution in [0.1, 0.15) is 32.3 Å². The molecule has 2 fully saturated rings. The highest BCUT2D eigenvalue weighted by Crippen LogP contribution is 2.45. The summed E-state index contributed by atoms with van der Waals surface area (Å²) >= 11 is 0. The number of carbonyl (C=O) groups is 1. The van der Waals surface area contributed by atoms with E-state index in [-0.39, 0.29) is 12.1 Å². The van der Waals surface area contributed by atoms with E-state index in [1.54, 1.807) is 35.7 Å². The van der Waals surface area contributed by atoms with E-state index in [1.807, 2.05) is 18.2 Å². The zero-order valence-electron chi connectivity index (χ0n) is 19.1. The van der Waals surface area contributed by atoms with E-state index in [2.05, 4.69) is 21.1 Å². The molecule has 0 radical (unpaired) electrons. The lowest BCUT2D eigenvalue weighted by atomic mass is 10.0. The van der Waals surface area contributed by atoms with Crippen molar-refractivity contribution in [1.29, 1.82) is 5.26 Å². The molecule has 1 saturated carbocycles. The summed E-state index contributed by atoms with van der Waals surface area (Å²) in [5.41, 5.74) is 1.35. The fourth-order valence-corrected chi connectivity index (χ4v) is 4.51. The predicted octanol–water partition coefficient (Wildman–Crippen LogP) is 2.75. The molecule has 0 atom stereocenters. The van der Waals surface area contributed by atoms with Crippen LogP contribution in [0.3, 0.4) is 0 Å². The maximum atomic E-state index is 11.6. The Labute approximate surface area is 196 Å². The van der Waals surface area contributed by atoms with Crippen molar-refractivity contribution in [2.24, 2.45) is 0 Å². The molecule has 1 amide bonds. The number of anilines is 1. The summed E-state index contributed by atoms with van der Waals surface area (Å²) in [6.07, 6.45) is 5.84. The van der Waals surface area contributed by atoms with Gasteiger partial charge < -0.3 is 19.8 Å². The lowest BCUT2D eigenvalue weighted by Crippen LogP contribution is -2.57. The third-order valence-corrected chi connectivity index (χ3v) is 6.39. The highest BCUT2D eigenvalue weighted by Gasteiger charge is 2.53. The van der Waals surface area contributed by atoms with Gasteiger partial charge in [-0.2, -0.15) is 10.4 Å². The molecule has 0 bridgehead atoms. The summed E-state index contributed by atoms with van der Waals surface area (Å²) in [5.74, 6) is 1.31. The standard InChI is InChI=1S/C24H26N6O4/c1-23(2,33)15-34-18-9-19(21-17(10-25)12-27-30(21)13-18)16-3-4-20(26-11-16)28-7-8-29(22(31)32)24(14-28)5-6-24/h3-4,9,11-13,33H,5-8,14-15H2,1-2H3,(H,31,32). The van der Waals surface area contributed by atoms with Crippen LogP contribution in [0.15, 0.2) is 36.8 Å². The van der Waals surface area contributed by atoms with Gasteiger partial charge in [-0.1, -0.05) is 0 Å². The number of piperazine rings is 1. The first-order valence-electron chi connectivity index (χ1n) is 11.2. The number of amides is 1. The maximum Gasteiger partial charge on any atom is 0.407 e. The summed E-state index contributed by atoms with van der Waals surface area (Å²) in [4.78, 5) is 19.9. The van der Waals surface area contributed by atoms with Crippen LogP contribution in [-0.4, -0.2) is 73.2 Å². The molecule has 3 aromatic heterocycles. The normalized spacial score (nSPS) is 17.1. The Morgan fingerprint density at radius 2 is 2.09 bits per heavy atom. The fraction of sp³-hybridized carbons (Fsp3) is 0.417. The number of nitriles is 1. The maximum absolute atomic E-state index is 11.6. The molecule has 1 aliphatic carbocycles. The van der Waals surface area contributed by atoms with E-state index >= 15 is 0 Å². The van der Waals surface area contributed by atoms with Gasteiger partial charge in [0.1, 0.15) is 24.2 Å². The highest BCUT2D eigenvalue weighted by atomic mass is 16.5. The van der Waals surface area contributed by atoms with Crippen molar-refractivity contribution in [3.8, 4) is 22.9 Å². The quantitative estimate of drug-likeness (QED) is 0.593.